The Kier molecular flexibility index (Phi) is 5.20. The van der Waals surface area contributed by atoms with Crippen LogP contribution in [0.3, 0.4) is 0 Å². The largest absolute Gasteiger partial charge is 0.465 e. The molecular weight excluding hydrogens is 416 g/mol. The maximum atomic E-state index is 13.3. The first-order valence-electron chi connectivity index (χ1n) is 11.7. The number of hydrogen-bond donors (Lipinski definition) is 0. The summed E-state index contributed by atoms with van der Waals surface area (Å²) in [5.41, 5.74) is 8.97. The standard InChI is InChI=1S/C32H24O2/c33-32-31-26(21-34-32)27(22-13-5-1-6-14-22)28(23-15-7-2-8-16-23)29(24-17-9-3-10-18-24)30(31)25-19-11-4-12-20-25/h1-20,26,31H,21H2. The number of allylic oxidation sites excluding steroid dienone is 2. The lowest BCUT2D eigenvalue weighted by atomic mass is 9.66. The Morgan fingerprint density at radius 1 is 0.500 bits per heavy atom. The predicted molar refractivity (Wildman–Crippen MR) is 137 cm³/mol. The van der Waals surface area contributed by atoms with Crippen LogP contribution in [0.2, 0.25) is 0 Å². The van der Waals surface area contributed by atoms with Gasteiger partial charge in [0.1, 0.15) is 0 Å². The van der Waals surface area contributed by atoms with Crippen LogP contribution >= 0.6 is 0 Å². The van der Waals surface area contributed by atoms with Gasteiger partial charge in [-0.3, -0.25) is 4.79 Å². The van der Waals surface area contributed by atoms with E-state index in [0.717, 1.165) is 33.4 Å². The van der Waals surface area contributed by atoms with Crippen LogP contribution in [0.25, 0.3) is 22.3 Å². The predicted octanol–water partition coefficient (Wildman–Crippen LogP) is 7.01. The van der Waals surface area contributed by atoms with E-state index in [-0.39, 0.29) is 17.8 Å². The Morgan fingerprint density at radius 2 is 0.882 bits per heavy atom. The van der Waals surface area contributed by atoms with Crippen molar-refractivity contribution in [1.82, 2.24) is 0 Å². The highest BCUT2D eigenvalue weighted by molar-refractivity contribution is 6.26. The topological polar surface area (TPSA) is 26.3 Å². The van der Waals surface area contributed by atoms with E-state index in [0.29, 0.717) is 6.61 Å². The first kappa shape index (κ1) is 20.4. The van der Waals surface area contributed by atoms with Crippen LogP contribution in [0.1, 0.15) is 22.3 Å². The van der Waals surface area contributed by atoms with Crippen LogP contribution < -0.4 is 0 Å². The Balaban J connectivity index is 1.78. The van der Waals surface area contributed by atoms with Crippen molar-refractivity contribution in [3.05, 3.63) is 144 Å². The Labute approximate surface area is 199 Å². The van der Waals surface area contributed by atoms with Crippen LogP contribution in [0.5, 0.6) is 0 Å². The second-order valence-electron chi connectivity index (χ2n) is 8.76. The highest BCUT2D eigenvalue weighted by Crippen LogP contribution is 2.55. The number of rotatable bonds is 4. The molecule has 2 atom stereocenters. The van der Waals surface area contributed by atoms with E-state index < -0.39 is 0 Å². The van der Waals surface area contributed by atoms with Gasteiger partial charge >= 0.3 is 5.97 Å². The summed E-state index contributed by atoms with van der Waals surface area (Å²) in [6.45, 7) is 0.391. The fourth-order valence-electron chi connectivity index (χ4n) is 5.43. The van der Waals surface area contributed by atoms with Crippen LogP contribution in [0.15, 0.2) is 121 Å². The Hall–Kier alpha value is -4.17. The van der Waals surface area contributed by atoms with Gasteiger partial charge in [0.05, 0.1) is 12.5 Å². The average Bonchev–Trinajstić information content (AvgIpc) is 3.30. The summed E-state index contributed by atoms with van der Waals surface area (Å²) in [5.74, 6) is -0.536. The van der Waals surface area contributed by atoms with Crippen molar-refractivity contribution in [2.75, 3.05) is 6.61 Å². The third-order valence-electron chi connectivity index (χ3n) is 6.83. The summed E-state index contributed by atoms with van der Waals surface area (Å²) in [5, 5.41) is 0. The summed E-state index contributed by atoms with van der Waals surface area (Å²) in [6, 6.07) is 41.8. The van der Waals surface area contributed by atoms with Crippen molar-refractivity contribution in [2.45, 2.75) is 0 Å². The fraction of sp³-hybridized carbons (Fsp3) is 0.0938. The van der Waals surface area contributed by atoms with Gasteiger partial charge in [-0.1, -0.05) is 121 Å². The molecular formula is C32H24O2. The van der Waals surface area contributed by atoms with Crippen molar-refractivity contribution in [2.24, 2.45) is 11.8 Å². The quantitative estimate of drug-likeness (QED) is 0.319. The molecule has 0 saturated carbocycles. The molecule has 0 spiro atoms. The smallest absolute Gasteiger partial charge is 0.314 e. The molecule has 2 heteroatoms. The monoisotopic (exact) mass is 440 g/mol. The normalized spacial score (nSPS) is 19.7. The molecule has 1 heterocycles. The maximum Gasteiger partial charge on any atom is 0.314 e. The van der Waals surface area contributed by atoms with Crippen molar-refractivity contribution in [3.63, 3.8) is 0 Å². The zero-order chi connectivity index (χ0) is 22.9. The number of fused-ring (bicyclic) bond motifs is 1. The van der Waals surface area contributed by atoms with Gasteiger partial charge in [-0.25, -0.2) is 0 Å². The van der Waals surface area contributed by atoms with Crippen molar-refractivity contribution in [1.29, 1.82) is 0 Å². The highest BCUT2D eigenvalue weighted by atomic mass is 16.5. The lowest BCUT2D eigenvalue weighted by molar-refractivity contribution is -0.139. The van der Waals surface area contributed by atoms with Gasteiger partial charge in [0.25, 0.3) is 0 Å². The molecule has 1 aliphatic carbocycles. The Morgan fingerprint density at radius 3 is 1.35 bits per heavy atom. The van der Waals surface area contributed by atoms with E-state index in [9.17, 15) is 4.79 Å². The van der Waals surface area contributed by atoms with E-state index in [1.54, 1.807) is 0 Å². The van der Waals surface area contributed by atoms with Gasteiger partial charge in [-0.05, 0) is 44.5 Å². The van der Waals surface area contributed by atoms with Crippen LogP contribution in [0.4, 0.5) is 0 Å². The molecule has 1 aliphatic heterocycles. The summed E-state index contributed by atoms with van der Waals surface area (Å²) in [7, 11) is 0. The van der Waals surface area contributed by atoms with Crippen LogP contribution in [0, 0.1) is 11.8 Å². The third kappa shape index (κ3) is 3.39. The number of carbonyl (C=O) groups is 1. The number of carbonyl (C=O) groups excluding carboxylic acids is 1. The molecule has 2 unspecified atom stereocenters. The first-order valence-corrected chi connectivity index (χ1v) is 11.7. The molecule has 0 bridgehead atoms. The molecule has 6 rings (SSSR count). The highest BCUT2D eigenvalue weighted by Gasteiger charge is 2.47. The van der Waals surface area contributed by atoms with Gasteiger partial charge in [0, 0.05) is 5.92 Å². The zero-order valence-electron chi connectivity index (χ0n) is 18.7. The van der Waals surface area contributed by atoms with E-state index in [1.165, 1.54) is 11.1 Å². The number of cyclic esters (lactones) is 1. The zero-order valence-corrected chi connectivity index (χ0v) is 18.7. The fourth-order valence-corrected chi connectivity index (χ4v) is 5.43. The summed E-state index contributed by atoms with van der Waals surface area (Å²) in [4.78, 5) is 13.3. The summed E-state index contributed by atoms with van der Waals surface area (Å²) in [6.07, 6.45) is 0. The maximum absolute atomic E-state index is 13.3. The minimum absolute atomic E-state index is 0.0484. The molecule has 1 saturated heterocycles. The van der Waals surface area contributed by atoms with Gasteiger partial charge in [0.15, 0.2) is 0 Å². The second kappa shape index (κ2) is 8.64. The molecule has 0 amide bonds. The molecule has 0 radical (unpaired) electrons. The van der Waals surface area contributed by atoms with Crippen molar-refractivity contribution < 1.29 is 9.53 Å². The lowest BCUT2D eigenvalue weighted by Crippen LogP contribution is -2.25. The summed E-state index contributed by atoms with van der Waals surface area (Å²) < 4.78 is 5.76. The van der Waals surface area contributed by atoms with Gasteiger partial charge in [-0.15, -0.1) is 0 Å². The number of ether oxygens (including phenoxy) is 1. The molecule has 2 nitrogen and oxygen atoms in total. The van der Waals surface area contributed by atoms with Gasteiger partial charge in [-0.2, -0.15) is 0 Å². The number of hydrogen-bond acceptors (Lipinski definition) is 2. The average molecular weight is 441 g/mol. The number of benzene rings is 4. The SMILES string of the molecule is O=C1OCC2C(c3ccccc3)=C(c3ccccc3)C(c3ccccc3)=C(c3ccccc3)C12. The minimum atomic E-state index is -0.347. The Bertz CT molecular complexity index is 1380. The summed E-state index contributed by atoms with van der Waals surface area (Å²) >= 11 is 0. The van der Waals surface area contributed by atoms with Gasteiger partial charge < -0.3 is 4.74 Å². The molecule has 4 aromatic carbocycles. The van der Waals surface area contributed by atoms with E-state index in [1.807, 2.05) is 36.4 Å². The van der Waals surface area contributed by atoms with Crippen molar-refractivity contribution in [3.8, 4) is 0 Å². The second-order valence-corrected chi connectivity index (χ2v) is 8.76. The lowest BCUT2D eigenvalue weighted by Gasteiger charge is -2.34. The van der Waals surface area contributed by atoms with E-state index in [4.69, 9.17) is 4.74 Å². The molecule has 1 fully saturated rings. The number of esters is 1. The van der Waals surface area contributed by atoms with E-state index >= 15 is 0 Å². The minimum Gasteiger partial charge on any atom is -0.465 e. The molecule has 0 aromatic heterocycles. The molecule has 164 valence electrons. The third-order valence-corrected chi connectivity index (χ3v) is 6.83. The van der Waals surface area contributed by atoms with Crippen LogP contribution in [-0.4, -0.2) is 12.6 Å². The molecule has 4 aromatic rings. The van der Waals surface area contributed by atoms with Crippen molar-refractivity contribution >= 4 is 28.3 Å². The molecule has 0 N–H and O–H groups in total. The first-order chi connectivity index (χ1) is 16.8. The van der Waals surface area contributed by atoms with Crippen LogP contribution in [-0.2, 0) is 9.53 Å². The van der Waals surface area contributed by atoms with Gasteiger partial charge in [0.2, 0.25) is 0 Å². The van der Waals surface area contributed by atoms with E-state index in [2.05, 4.69) is 84.9 Å². The molecule has 2 aliphatic rings. The molecule has 34 heavy (non-hydrogen) atoms.